The highest BCUT2D eigenvalue weighted by atomic mass is 79.9. The number of H-pyrrole nitrogens is 1. The first-order chi connectivity index (χ1) is 11.5. The molecule has 0 unspecified atom stereocenters. The number of hydrazine groups is 1. The number of hydrogen-bond acceptors (Lipinski definition) is 4. The van der Waals surface area contributed by atoms with E-state index in [1.807, 2.05) is 12.1 Å². The number of benzene rings is 1. The van der Waals surface area contributed by atoms with Gasteiger partial charge < -0.3 is 4.98 Å². The Labute approximate surface area is 154 Å². The van der Waals surface area contributed by atoms with E-state index in [0.717, 1.165) is 10.0 Å². The maximum Gasteiger partial charge on any atom is 0.289 e. The van der Waals surface area contributed by atoms with Crippen molar-refractivity contribution in [3.8, 4) is 10.6 Å². The van der Waals surface area contributed by atoms with Gasteiger partial charge in [0.1, 0.15) is 16.4 Å². The zero-order chi connectivity index (χ0) is 17.1. The summed E-state index contributed by atoms with van der Waals surface area (Å²) in [6, 6.07) is 8.77. The zero-order valence-electron chi connectivity index (χ0n) is 12.0. The fourth-order valence-corrected chi connectivity index (χ4v) is 3.12. The molecule has 0 spiro atoms. The average Bonchev–Trinajstić information content (AvgIpc) is 3.22. The molecule has 0 bridgehead atoms. The summed E-state index contributed by atoms with van der Waals surface area (Å²) in [5, 5.41) is 2.94. The molecule has 2 heterocycles. The Kier molecular flexibility index (Phi) is 4.98. The van der Waals surface area contributed by atoms with Gasteiger partial charge in [0, 0.05) is 26.6 Å². The molecule has 0 atom stereocenters. The van der Waals surface area contributed by atoms with Gasteiger partial charge >= 0.3 is 0 Å². The molecule has 2 amide bonds. The van der Waals surface area contributed by atoms with Gasteiger partial charge in [0.05, 0.1) is 0 Å². The van der Waals surface area contributed by atoms with E-state index in [4.69, 9.17) is 11.6 Å². The van der Waals surface area contributed by atoms with Crippen LogP contribution in [0.5, 0.6) is 0 Å². The van der Waals surface area contributed by atoms with E-state index in [-0.39, 0.29) is 5.69 Å². The molecule has 0 aliphatic rings. The summed E-state index contributed by atoms with van der Waals surface area (Å²) >= 11 is 10.4. The number of halogens is 2. The number of nitrogens with one attached hydrogen (secondary N) is 3. The Morgan fingerprint density at radius 3 is 2.54 bits per heavy atom. The molecule has 6 nitrogen and oxygen atoms in total. The second-order valence-electron chi connectivity index (χ2n) is 4.68. The molecular formula is C15H10BrClN4O2S. The maximum absolute atomic E-state index is 12.1. The highest BCUT2D eigenvalue weighted by Gasteiger charge is 2.14. The molecule has 0 fully saturated rings. The van der Waals surface area contributed by atoms with Crippen LogP contribution >= 0.6 is 38.9 Å². The van der Waals surface area contributed by atoms with Crippen molar-refractivity contribution in [2.45, 2.75) is 0 Å². The second kappa shape index (κ2) is 7.16. The summed E-state index contributed by atoms with van der Waals surface area (Å²) in [7, 11) is 0. The number of amides is 2. The van der Waals surface area contributed by atoms with Crippen LogP contribution in [0.3, 0.4) is 0 Å². The summed E-state index contributed by atoms with van der Waals surface area (Å²) in [6.45, 7) is 0. The number of hydrogen-bond donors (Lipinski definition) is 3. The molecule has 2 aromatic heterocycles. The highest BCUT2D eigenvalue weighted by molar-refractivity contribution is 9.10. The van der Waals surface area contributed by atoms with Gasteiger partial charge in [-0.05, 0) is 34.1 Å². The van der Waals surface area contributed by atoms with Crippen molar-refractivity contribution < 1.29 is 9.59 Å². The van der Waals surface area contributed by atoms with Gasteiger partial charge in [-0.15, -0.1) is 11.3 Å². The molecule has 0 aliphatic heterocycles. The Morgan fingerprint density at radius 1 is 1.17 bits per heavy atom. The molecule has 0 saturated carbocycles. The summed E-state index contributed by atoms with van der Waals surface area (Å²) in [4.78, 5) is 30.9. The lowest BCUT2D eigenvalue weighted by atomic mass is 10.2. The van der Waals surface area contributed by atoms with Crippen molar-refractivity contribution >= 4 is 50.7 Å². The van der Waals surface area contributed by atoms with Crippen LogP contribution in [0.2, 0.25) is 5.02 Å². The van der Waals surface area contributed by atoms with Gasteiger partial charge in [0.25, 0.3) is 11.8 Å². The van der Waals surface area contributed by atoms with Crippen LogP contribution in [0, 0.1) is 0 Å². The van der Waals surface area contributed by atoms with Gasteiger partial charge in [-0.3, -0.25) is 20.4 Å². The van der Waals surface area contributed by atoms with Crippen molar-refractivity contribution in [1.29, 1.82) is 0 Å². The first kappa shape index (κ1) is 16.7. The van der Waals surface area contributed by atoms with Gasteiger partial charge in [-0.2, -0.15) is 0 Å². The smallest absolute Gasteiger partial charge is 0.289 e. The molecule has 9 heteroatoms. The molecule has 1 aromatic carbocycles. The molecule has 3 rings (SSSR count). The Hall–Kier alpha value is -2.16. The van der Waals surface area contributed by atoms with Gasteiger partial charge in [0.2, 0.25) is 0 Å². The number of aromatic amines is 1. The summed E-state index contributed by atoms with van der Waals surface area (Å²) in [5.74, 6) is -0.951. The fourth-order valence-electron chi connectivity index (χ4n) is 1.85. The zero-order valence-corrected chi connectivity index (χ0v) is 15.1. The lowest BCUT2D eigenvalue weighted by Gasteiger charge is -2.04. The largest absolute Gasteiger partial charge is 0.356 e. The second-order valence-corrected chi connectivity index (χ2v) is 6.89. The minimum absolute atomic E-state index is 0.220. The van der Waals surface area contributed by atoms with Gasteiger partial charge in [-0.1, -0.05) is 23.7 Å². The van der Waals surface area contributed by atoms with Crippen molar-refractivity contribution in [2.75, 3.05) is 0 Å². The highest BCUT2D eigenvalue weighted by Crippen LogP contribution is 2.25. The third kappa shape index (κ3) is 3.84. The van der Waals surface area contributed by atoms with Crippen molar-refractivity contribution in [1.82, 2.24) is 20.8 Å². The SMILES string of the molecule is O=C(NNC(=O)c1cc(Br)c[nH]1)c1csc(-c2ccc(Cl)cc2)n1. The lowest BCUT2D eigenvalue weighted by molar-refractivity contribution is 0.0842. The van der Waals surface area contributed by atoms with E-state index >= 15 is 0 Å². The van der Waals surface area contributed by atoms with Crippen LogP contribution in [-0.4, -0.2) is 21.8 Å². The van der Waals surface area contributed by atoms with Crippen LogP contribution in [0.4, 0.5) is 0 Å². The van der Waals surface area contributed by atoms with E-state index in [1.54, 1.807) is 29.8 Å². The number of thiazole rings is 1. The summed E-state index contributed by atoms with van der Waals surface area (Å²) in [5.41, 5.74) is 6.06. The number of nitrogens with zero attached hydrogens (tertiary/aromatic N) is 1. The van der Waals surface area contributed by atoms with Gasteiger partial charge in [0.15, 0.2) is 0 Å². The first-order valence-electron chi connectivity index (χ1n) is 6.69. The van der Waals surface area contributed by atoms with Crippen molar-refractivity contribution in [2.24, 2.45) is 0 Å². The standard InChI is InChI=1S/C15H10BrClN4O2S/c16-9-5-11(18-6-9)13(22)20-21-14(23)12-7-24-15(19-12)8-1-3-10(17)4-2-8/h1-7,18H,(H,20,22)(H,21,23). The normalized spacial score (nSPS) is 10.4. The molecule has 122 valence electrons. The molecule has 3 N–H and O–H groups in total. The Balaban J connectivity index is 1.63. The fraction of sp³-hybridized carbons (Fsp3) is 0. The molecule has 0 radical (unpaired) electrons. The third-order valence-corrected chi connectivity index (χ3v) is 4.61. The van der Waals surface area contributed by atoms with Crippen LogP contribution in [0.1, 0.15) is 21.0 Å². The van der Waals surface area contributed by atoms with E-state index in [9.17, 15) is 9.59 Å². The van der Waals surface area contributed by atoms with Crippen molar-refractivity contribution in [3.63, 3.8) is 0 Å². The summed E-state index contributed by atoms with van der Waals surface area (Å²) < 4.78 is 0.742. The van der Waals surface area contributed by atoms with Crippen LogP contribution in [0.15, 0.2) is 46.4 Å². The maximum atomic E-state index is 12.1. The van der Waals surface area contributed by atoms with Crippen LogP contribution in [-0.2, 0) is 0 Å². The van der Waals surface area contributed by atoms with E-state index < -0.39 is 11.8 Å². The molecule has 24 heavy (non-hydrogen) atoms. The summed E-state index contributed by atoms with van der Waals surface area (Å²) in [6.07, 6.45) is 1.62. The van der Waals surface area contributed by atoms with Crippen LogP contribution in [0.25, 0.3) is 10.6 Å². The Morgan fingerprint density at radius 2 is 1.88 bits per heavy atom. The number of rotatable bonds is 3. The van der Waals surface area contributed by atoms with E-state index in [1.165, 1.54) is 11.3 Å². The van der Waals surface area contributed by atoms with Crippen LogP contribution < -0.4 is 10.9 Å². The van der Waals surface area contributed by atoms with Crippen molar-refractivity contribution in [3.05, 3.63) is 62.8 Å². The molecule has 3 aromatic rings. The monoisotopic (exact) mass is 424 g/mol. The topological polar surface area (TPSA) is 86.9 Å². The first-order valence-corrected chi connectivity index (χ1v) is 8.74. The third-order valence-electron chi connectivity index (χ3n) is 3.01. The lowest BCUT2D eigenvalue weighted by Crippen LogP contribution is -2.41. The predicted octanol–water partition coefficient (Wildman–Crippen LogP) is 3.63. The van der Waals surface area contributed by atoms with Gasteiger partial charge in [-0.25, -0.2) is 4.98 Å². The molecular weight excluding hydrogens is 416 g/mol. The van der Waals surface area contributed by atoms with E-state index in [2.05, 4.69) is 36.7 Å². The molecule has 0 aliphatic carbocycles. The predicted molar refractivity (Wildman–Crippen MR) is 96.0 cm³/mol. The minimum Gasteiger partial charge on any atom is -0.356 e. The number of aromatic nitrogens is 2. The van der Waals surface area contributed by atoms with E-state index in [0.29, 0.717) is 15.7 Å². The quantitative estimate of drug-likeness (QED) is 0.560. The Bertz CT molecular complexity index is 891. The average molecular weight is 426 g/mol. The number of carbonyl (C=O) groups is 2. The number of carbonyl (C=O) groups excluding carboxylic acids is 2. The molecule has 0 saturated heterocycles. The minimum atomic E-state index is -0.495.